The third-order valence-corrected chi connectivity index (χ3v) is 6.31. The van der Waals surface area contributed by atoms with E-state index in [1.165, 1.54) is 32.1 Å². The summed E-state index contributed by atoms with van der Waals surface area (Å²) < 4.78 is 5.37. The summed E-state index contributed by atoms with van der Waals surface area (Å²) >= 11 is 0. The largest absolute Gasteiger partial charge is 0.381 e. The summed E-state index contributed by atoms with van der Waals surface area (Å²) in [6.07, 6.45) is 10.7. The van der Waals surface area contributed by atoms with Crippen molar-refractivity contribution in [3.05, 3.63) is 0 Å². The van der Waals surface area contributed by atoms with Crippen LogP contribution in [0, 0.1) is 23.7 Å². The van der Waals surface area contributed by atoms with E-state index in [2.05, 4.69) is 5.32 Å². The van der Waals surface area contributed by atoms with Gasteiger partial charge in [0.05, 0.1) is 6.10 Å². The Morgan fingerprint density at radius 2 is 1.76 bits per heavy atom. The van der Waals surface area contributed by atoms with E-state index in [0.717, 1.165) is 35.8 Å². The lowest BCUT2D eigenvalue weighted by molar-refractivity contribution is 0.00982. The molecule has 2 bridgehead atoms. The molecular formula is C15H25NO. The minimum atomic E-state index is 0.547. The monoisotopic (exact) mass is 235 g/mol. The fraction of sp³-hybridized carbons (Fsp3) is 1.00. The maximum atomic E-state index is 5.37. The molecule has 5 atom stereocenters. The quantitative estimate of drug-likeness (QED) is 0.812. The summed E-state index contributed by atoms with van der Waals surface area (Å²) in [7, 11) is 1.85. The smallest absolute Gasteiger partial charge is 0.0601 e. The van der Waals surface area contributed by atoms with Crippen LogP contribution in [0.15, 0.2) is 0 Å². The van der Waals surface area contributed by atoms with Crippen molar-refractivity contribution >= 4 is 0 Å². The van der Waals surface area contributed by atoms with Crippen LogP contribution in [0.5, 0.6) is 0 Å². The van der Waals surface area contributed by atoms with Gasteiger partial charge in [0.25, 0.3) is 0 Å². The summed E-state index contributed by atoms with van der Waals surface area (Å²) in [6, 6.07) is 1.63. The highest BCUT2D eigenvalue weighted by atomic mass is 16.5. The van der Waals surface area contributed by atoms with Crippen LogP contribution >= 0.6 is 0 Å². The van der Waals surface area contributed by atoms with Crippen LogP contribution in [-0.4, -0.2) is 25.3 Å². The Hall–Kier alpha value is -0.0800. The molecule has 1 N–H and O–H groups in total. The van der Waals surface area contributed by atoms with Gasteiger partial charge in [0.2, 0.25) is 0 Å². The summed E-state index contributed by atoms with van der Waals surface area (Å²) in [6.45, 7) is 0. The predicted octanol–water partition coefficient (Wildman–Crippen LogP) is 2.58. The number of nitrogens with one attached hydrogen (secondary N) is 1. The van der Waals surface area contributed by atoms with Gasteiger partial charge >= 0.3 is 0 Å². The topological polar surface area (TPSA) is 21.3 Å². The zero-order chi connectivity index (χ0) is 11.4. The minimum absolute atomic E-state index is 0.547. The number of fused-ring (bicyclic) bond motifs is 5. The molecule has 0 aromatic carbocycles. The zero-order valence-corrected chi connectivity index (χ0v) is 10.9. The van der Waals surface area contributed by atoms with Gasteiger partial charge in [-0.15, -0.1) is 0 Å². The second-order valence-electron chi connectivity index (χ2n) is 6.95. The van der Waals surface area contributed by atoms with Crippen molar-refractivity contribution in [1.29, 1.82) is 0 Å². The van der Waals surface area contributed by atoms with E-state index in [1.54, 1.807) is 12.8 Å². The van der Waals surface area contributed by atoms with Gasteiger partial charge in [0.15, 0.2) is 0 Å². The van der Waals surface area contributed by atoms with Crippen LogP contribution in [0.1, 0.15) is 44.9 Å². The van der Waals surface area contributed by atoms with E-state index in [9.17, 15) is 0 Å². The summed E-state index contributed by atoms with van der Waals surface area (Å²) in [5.41, 5.74) is 0. The highest BCUT2D eigenvalue weighted by Gasteiger charge is 2.54. The first-order valence-electron chi connectivity index (χ1n) is 7.64. The normalized spacial score (nSPS) is 55.9. The number of methoxy groups -OCH3 is 1. The van der Waals surface area contributed by atoms with Gasteiger partial charge in [-0.25, -0.2) is 0 Å². The van der Waals surface area contributed by atoms with E-state index >= 15 is 0 Å². The predicted molar refractivity (Wildman–Crippen MR) is 67.8 cm³/mol. The molecule has 4 fully saturated rings. The highest BCUT2D eigenvalue weighted by molar-refractivity contribution is 5.06. The van der Waals surface area contributed by atoms with Crippen molar-refractivity contribution in [2.24, 2.45) is 23.7 Å². The SMILES string of the molecule is COC1CC(NC2CC3CC2C2CCCC32)C1. The molecule has 0 amide bonds. The molecule has 4 aliphatic carbocycles. The lowest BCUT2D eigenvalue weighted by Gasteiger charge is -2.40. The van der Waals surface area contributed by atoms with Crippen LogP contribution in [-0.2, 0) is 4.74 Å². The van der Waals surface area contributed by atoms with Gasteiger partial charge in [-0.1, -0.05) is 6.42 Å². The molecule has 0 aromatic heterocycles. The molecule has 96 valence electrons. The first-order chi connectivity index (χ1) is 8.35. The number of ether oxygens (including phenoxy) is 1. The lowest BCUT2D eigenvalue weighted by atomic mass is 9.78. The van der Waals surface area contributed by atoms with Crippen molar-refractivity contribution in [3.8, 4) is 0 Å². The molecule has 0 spiro atoms. The average Bonchev–Trinajstić information content (AvgIpc) is 2.93. The Labute approximate surface area is 104 Å². The maximum Gasteiger partial charge on any atom is 0.0601 e. The van der Waals surface area contributed by atoms with Gasteiger partial charge < -0.3 is 10.1 Å². The molecule has 17 heavy (non-hydrogen) atoms. The molecule has 0 aliphatic heterocycles. The fourth-order valence-electron chi connectivity index (χ4n) is 5.46. The van der Waals surface area contributed by atoms with Gasteiger partial charge in [-0.05, 0) is 62.2 Å². The van der Waals surface area contributed by atoms with Crippen molar-refractivity contribution in [1.82, 2.24) is 5.32 Å². The Balaban J connectivity index is 1.35. The van der Waals surface area contributed by atoms with Crippen LogP contribution in [0.3, 0.4) is 0 Å². The summed E-state index contributed by atoms with van der Waals surface area (Å²) in [5.74, 6) is 4.35. The van der Waals surface area contributed by atoms with Crippen LogP contribution in [0.4, 0.5) is 0 Å². The average molecular weight is 235 g/mol. The molecule has 0 heterocycles. The van der Waals surface area contributed by atoms with Crippen molar-refractivity contribution in [2.45, 2.75) is 63.1 Å². The van der Waals surface area contributed by atoms with Gasteiger partial charge in [-0.3, -0.25) is 0 Å². The first-order valence-corrected chi connectivity index (χ1v) is 7.64. The first kappa shape index (κ1) is 10.8. The lowest BCUT2D eigenvalue weighted by Crippen LogP contribution is -2.51. The Morgan fingerprint density at radius 1 is 0.941 bits per heavy atom. The molecule has 4 aliphatic rings. The minimum Gasteiger partial charge on any atom is -0.381 e. The van der Waals surface area contributed by atoms with E-state index in [-0.39, 0.29) is 0 Å². The second-order valence-corrected chi connectivity index (χ2v) is 6.95. The van der Waals surface area contributed by atoms with Crippen LogP contribution in [0.25, 0.3) is 0 Å². The number of hydrogen-bond donors (Lipinski definition) is 1. The molecule has 2 heteroatoms. The van der Waals surface area contributed by atoms with E-state index in [1.807, 2.05) is 7.11 Å². The molecule has 5 unspecified atom stereocenters. The van der Waals surface area contributed by atoms with Crippen LogP contribution < -0.4 is 5.32 Å². The van der Waals surface area contributed by atoms with Crippen LogP contribution in [0.2, 0.25) is 0 Å². The highest BCUT2D eigenvalue weighted by Crippen LogP contribution is 2.58. The molecule has 0 saturated heterocycles. The molecule has 2 nitrogen and oxygen atoms in total. The molecular weight excluding hydrogens is 210 g/mol. The van der Waals surface area contributed by atoms with E-state index in [0.29, 0.717) is 6.10 Å². The standard InChI is InChI=1S/C15H25NO/c1-17-11-7-10(8-11)16-15-6-9-5-14(15)13-4-2-3-12(9)13/h9-16H,2-8H2,1H3. The van der Waals surface area contributed by atoms with Gasteiger partial charge in [0.1, 0.15) is 0 Å². The second kappa shape index (κ2) is 3.96. The maximum absolute atomic E-state index is 5.37. The third-order valence-electron chi connectivity index (χ3n) is 6.31. The molecule has 0 radical (unpaired) electrons. The van der Waals surface area contributed by atoms with E-state index in [4.69, 9.17) is 4.74 Å². The summed E-state index contributed by atoms with van der Waals surface area (Å²) in [4.78, 5) is 0. The molecule has 4 saturated carbocycles. The summed E-state index contributed by atoms with van der Waals surface area (Å²) in [5, 5.41) is 3.94. The van der Waals surface area contributed by atoms with Crippen molar-refractivity contribution in [3.63, 3.8) is 0 Å². The van der Waals surface area contributed by atoms with Crippen molar-refractivity contribution in [2.75, 3.05) is 7.11 Å². The Kier molecular flexibility index (Phi) is 2.52. The molecule has 0 aromatic rings. The van der Waals surface area contributed by atoms with E-state index < -0.39 is 0 Å². The zero-order valence-electron chi connectivity index (χ0n) is 10.9. The fourth-order valence-corrected chi connectivity index (χ4v) is 5.46. The van der Waals surface area contributed by atoms with Gasteiger partial charge in [-0.2, -0.15) is 0 Å². The van der Waals surface area contributed by atoms with Crippen molar-refractivity contribution < 1.29 is 4.74 Å². The third kappa shape index (κ3) is 1.60. The number of hydrogen-bond acceptors (Lipinski definition) is 2. The number of rotatable bonds is 3. The van der Waals surface area contributed by atoms with Gasteiger partial charge in [0, 0.05) is 19.2 Å². The molecule has 4 rings (SSSR count). The Morgan fingerprint density at radius 3 is 2.59 bits per heavy atom. The Bertz CT molecular complexity index is 299.